The summed E-state index contributed by atoms with van der Waals surface area (Å²) in [7, 11) is 0. The molecule has 2 rings (SSSR count). The van der Waals surface area contributed by atoms with Crippen molar-refractivity contribution in [3.05, 3.63) is 54.1 Å². The number of benzene rings is 2. The van der Waals surface area contributed by atoms with Gasteiger partial charge in [0.2, 0.25) is 0 Å². The second-order valence-corrected chi connectivity index (χ2v) is 5.95. The van der Waals surface area contributed by atoms with Crippen LogP contribution in [0, 0.1) is 5.92 Å². The van der Waals surface area contributed by atoms with E-state index < -0.39 is 0 Å². The highest BCUT2D eigenvalue weighted by Gasteiger charge is 2.05. The molecule has 2 aromatic rings. The maximum absolute atomic E-state index is 5.89. The summed E-state index contributed by atoms with van der Waals surface area (Å²) in [6.07, 6.45) is 4.64. The van der Waals surface area contributed by atoms with Crippen molar-refractivity contribution in [2.75, 3.05) is 6.61 Å². The Hall–Kier alpha value is -1.96. The summed E-state index contributed by atoms with van der Waals surface area (Å²) >= 11 is 0. The molecule has 0 radical (unpaired) electrons. The molecule has 0 saturated heterocycles. The van der Waals surface area contributed by atoms with Gasteiger partial charge in [-0.05, 0) is 60.7 Å². The fourth-order valence-corrected chi connectivity index (χ4v) is 2.56. The van der Waals surface area contributed by atoms with Crippen LogP contribution in [0.2, 0.25) is 0 Å². The molecule has 0 atom stereocenters. The molecule has 0 aliphatic carbocycles. The topological polar surface area (TPSA) is 18.5 Å². The minimum Gasteiger partial charge on any atom is -0.494 e. The number of hydrogen-bond acceptors (Lipinski definition) is 2. The van der Waals surface area contributed by atoms with Gasteiger partial charge in [-0.1, -0.05) is 45.7 Å². The molecule has 0 aliphatic heterocycles. The third-order valence-electron chi connectivity index (χ3n) is 4.13. The zero-order valence-corrected chi connectivity index (χ0v) is 14.5. The Morgan fingerprint density at radius 1 is 0.739 bits per heavy atom. The third kappa shape index (κ3) is 5.63. The maximum Gasteiger partial charge on any atom is 0.127 e. The van der Waals surface area contributed by atoms with E-state index in [4.69, 9.17) is 9.47 Å². The maximum atomic E-state index is 5.89. The predicted octanol–water partition coefficient (Wildman–Crippen LogP) is 6.25. The smallest absolute Gasteiger partial charge is 0.127 e. The molecule has 0 heterocycles. The Bertz CT molecular complexity index is 553. The van der Waals surface area contributed by atoms with Crippen LogP contribution in [0.3, 0.4) is 0 Å². The molecule has 23 heavy (non-hydrogen) atoms. The van der Waals surface area contributed by atoms with Crippen LogP contribution in [0.1, 0.15) is 45.6 Å². The summed E-state index contributed by atoms with van der Waals surface area (Å²) < 4.78 is 11.5. The van der Waals surface area contributed by atoms with E-state index in [2.05, 4.69) is 45.0 Å². The Morgan fingerprint density at radius 2 is 1.26 bits per heavy atom. The molecule has 0 aliphatic rings. The quantitative estimate of drug-likeness (QED) is 0.545. The van der Waals surface area contributed by atoms with E-state index in [0.29, 0.717) is 0 Å². The zero-order chi connectivity index (χ0) is 16.5. The highest BCUT2D eigenvalue weighted by molar-refractivity contribution is 5.36. The van der Waals surface area contributed by atoms with Gasteiger partial charge in [-0.3, -0.25) is 0 Å². The lowest BCUT2D eigenvalue weighted by Crippen LogP contribution is -2.01. The van der Waals surface area contributed by atoms with Gasteiger partial charge in [-0.25, -0.2) is 0 Å². The molecule has 124 valence electrons. The second kappa shape index (κ2) is 9.24. The Balaban J connectivity index is 1.92. The molecule has 0 N–H and O–H groups in total. The first kappa shape index (κ1) is 17.4. The van der Waals surface area contributed by atoms with Crippen LogP contribution in [-0.2, 0) is 6.42 Å². The van der Waals surface area contributed by atoms with E-state index >= 15 is 0 Å². The van der Waals surface area contributed by atoms with E-state index in [-0.39, 0.29) is 0 Å². The minimum atomic E-state index is 0.748. The van der Waals surface area contributed by atoms with Crippen LogP contribution in [0.15, 0.2) is 48.5 Å². The van der Waals surface area contributed by atoms with Gasteiger partial charge in [0, 0.05) is 0 Å². The first-order chi connectivity index (χ1) is 11.2. The van der Waals surface area contributed by atoms with Gasteiger partial charge < -0.3 is 9.47 Å². The van der Waals surface area contributed by atoms with Crippen LogP contribution < -0.4 is 9.47 Å². The average Bonchev–Trinajstić information content (AvgIpc) is 2.60. The standard InChI is InChI=1S/C21H28O2/c1-4-15-22-19-11-13-21(14-12-19)23-20-9-7-18(8-10-20)16-17(5-2)6-3/h7-14,17H,4-6,15-16H2,1-3H3. The lowest BCUT2D eigenvalue weighted by atomic mass is 9.95. The lowest BCUT2D eigenvalue weighted by molar-refractivity contribution is 0.317. The highest BCUT2D eigenvalue weighted by Crippen LogP contribution is 2.25. The van der Waals surface area contributed by atoms with E-state index in [1.165, 1.54) is 18.4 Å². The normalized spacial score (nSPS) is 10.8. The Morgan fingerprint density at radius 3 is 1.78 bits per heavy atom. The van der Waals surface area contributed by atoms with Crippen molar-refractivity contribution in [1.82, 2.24) is 0 Å². The van der Waals surface area contributed by atoms with Crippen molar-refractivity contribution >= 4 is 0 Å². The SMILES string of the molecule is CCCOc1ccc(Oc2ccc(CC(CC)CC)cc2)cc1. The lowest BCUT2D eigenvalue weighted by Gasteiger charge is -2.13. The van der Waals surface area contributed by atoms with E-state index in [9.17, 15) is 0 Å². The van der Waals surface area contributed by atoms with Crippen molar-refractivity contribution in [1.29, 1.82) is 0 Å². The van der Waals surface area contributed by atoms with Crippen molar-refractivity contribution < 1.29 is 9.47 Å². The molecular weight excluding hydrogens is 284 g/mol. The molecular formula is C21H28O2. The summed E-state index contributed by atoms with van der Waals surface area (Å²) in [5, 5.41) is 0. The molecule has 0 amide bonds. The fourth-order valence-electron chi connectivity index (χ4n) is 2.56. The monoisotopic (exact) mass is 312 g/mol. The first-order valence-corrected chi connectivity index (χ1v) is 8.74. The van der Waals surface area contributed by atoms with Crippen LogP contribution >= 0.6 is 0 Å². The Kier molecular flexibility index (Phi) is 6.99. The van der Waals surface area contributed by atoms with Gasteiger partial charge >= 0.3 is 0 Å². The van der Waals surface area contributed by atoms with E-state index in [1.807, 2.05) is 24.3 Å². The van der Waals surface area contributed by atoms with E-state index in [1.54, 1.807) is 0 Å². The van der Waals surface area contributed by atoms with Gasteiger partial charge in [0.05, 0.1) is 6.61 Å². The van der Waals surface area contributed by atoms with Crippen molar-refractivity contribution in [2.24, 2.45) is 5.92 Å². The van der Waals surface area contributed by atoms with Crippen molar-refractivity contribution in [2.45, 2.75) is 46.5 Å². The highest BCUT2D eigenvalue weighted by atomic mass is 16.5. The van der Waals surface area contributed by atoms with Gasteiger partial charge in [0.25, 0.3) is 0 Å². The molecule has 0 saturated carbocycles. The van der Waals surface area contributed by atoms with Crippen LogP contribution in [0.25, 0.3) is 0 Å². The molecule has 2 nitrogen and oxygen atoms in total. The first-order valence-electron chi connectivity index (χ1n) is 8.74. The average molecular weight is 312 g/mol. The molecule has 2 aromatic carbocycles. The summed E-state index contributed by atoms with van der Waals surface area (Å²) in [5.74, 6) is 3.37. The Labute approximate surface area is 140 Å². The van der Waals surface area contributed by atoms with Gasteiger partial charge in [-0.2, -0.15) is 0 Å². The molecule has 0 bridgehead atoms. The molecule has 0 unspecified atom stereocenters. The number of hydrogen-bond donors (Lipinski definition) is 0. The number of rotatable bonds is 9. The summed E-state index contributed by atoms with van der Waals surface area (Å²) in [6, 6.07) is 16.3. The van der Waals surface area contributed by atoms with Gasteiger partial charge in [0.1, 0.15) is 17.2 Å². The molecule has 0 fully saturated rings. The van der Waals surface area contributed by atoms with Gasteiger partial charge in [0.15, 0.2) is 0 Å². The number of ether oxygens (including phenoxy) is 2. The minimum absolute atomic E-state index is 0.748. The van der Waals surface area contributed by atoms with Crippen LogP contribution in [0.5, 0.6) is 17.2 Å². The van der Waals surface area contributed by atoms with Crippen molar-refractivity contribution in [3.63, 3.8) is 0 Å². The molecule has 0 aromatic heterocycles. The largest absolute Gasteiger partial charge is 0.494 e. The second-order valence-electron chi connectivity index (χ2n) is 5.95. The summed E-state index contributed by atoms with van der Waals surface area (Å²) in [5.41, 5.74) is 1.38. The van der Waals surface area contributed by atoms with Crippen LogP contribution in [-0.4, -0.2) is 6.61 Å². The summed E-state index contributed by atoms with van der Waals surface area (Å²) in [4.78, 5) is 0. The molecule has 2 heteroatoms. The summed E-state index contributed by atoms with van der Waals surface area (Å²) in [6.45, 7) is 7.38. The van der Waals surface area contributed by atoms with Gasteiger partial charge in [-0.15, -0.1) is 0 Å². The van der Waals surface area contributed by atoms with Crippen LogP contribution in [0.4, 0.5) is 0 Å². The molecule has 0 spiro atoms. The fraction of sp³-hybridized carbons (Fsp3) is 0.429. The van der Waals surface area contributed by atoms with Crippen molar-refractivity contribution in [3.8, 4) is 17.2 Å². The predicted molar refractivity (Wildman–Crippen MR) is 96.5 cm³/mol. The van der Waals surface area contributed by atoms with E-state index in [0.717, 1.165) is 42.6 Å². The third-order valence-corrected chi connectivity index (χ3v) is 4.13. The zero-order valence-electron chi connectivity index (χ0n) is 14.5.